The minimum Gasteiger partial charge on any atom is -0.475 e. The number of hydrogen-bond acceptors (Lipinski definition) is 17. The molecule has 0 radical (unpaired) electrons. The Morgan fingerprint density at radius 2 is 0.759 bits per heavy atom. The Kier molecular flexibility index (Phi) is 34.9. The number of carboxylic acid groups (broad SMARTS) is 1. The molecular formula is C79H91F3N8O18. The molecule has 0 saturated heterocycles. The third-order valence-corrected chi connectivity index (χ3v) is 17.6. The molecule has 2 aliphatic heterocycles. The number of ketones is 4. The number of carbonyl (C=O) groups excluding carboxylic acids is 14. The Hall–Kier alpha value is -11.5. The number of rotatable bonds is 40. The van der Waals surface area contributed by atoms with Crippen LogP contribution in [0.5, 0.6) is 0 Å². The molecular weight excluding hydrogens is 1410 g/mol. The van der Waals surface area contributed by atoms with Gasteiger partial charge in [-0.1, -0.05) is 142 Å². The number of nitrogens with one attached hydrogen (secondary N) is 5. The van der Waals surface area contributed by atoms with Gasteiger partial charge >= 0.3 is 12.1 Å². The molecule has 576 valence electrons. The van der Waals surface area contributed by atoms with Crippen LogP contribution in [-0.4, -0.2) is 145 Å². The fourth-order valence-corrected chi connectivity index (χ4v) is 11.5. The van der Waals surface area contributed by atoms with Crippen LogP contribution in [0.2, 0.25) is 0 Å². The van der Waals surface area contributed by atoms with Gasteiger partial charge in [-0.25, -0.2) is 4.79 Å². The van der Waals surface area contributed by atoms with E-state index in [1.54, 1.807) is 62.4 Å². The van der Waals surface area contributed by atoms with Gasteiger partial charge in [0.1, 0.15) is 17.1 Å². The minimum absolute atomic E-state index is 0.0124. The van der Waals surface area contributed by atoms with E-state index in [2.05, 4.69) is 26.6 Å². The van der Waals surface area contributed by atoms with Crippen molar-refractivity contribution in [2.24, 2.45) is 29.4 Å². The number of alkyl halides is 3. The molecule has 0 aliphatic carbocycles. The van der Waals surface area contributed by atoms with Crippen molar-refractivity contribution in [2.75, 3.05) is 23.7 Å². The summed E-state index contributed by atoms with van der Waals surface area (Å²) in [6, 6.07) is 39.5. The molecule has 0 fully saturated rings. The van der Waals surface area contributed by atoms with E-state index in [1.165, 1.54) is 38.2 Å². The van der Waals surface area contributed by atoms with E-state index >= 15 is 0 Å². The van der Waals surface area contributed by atoms with E-state index in [9.17, 15) is 85.4 Å². The van der Waals surface area contributed by atoms with Crippen molar-refractivity contribution >= 4 is 99.5 Å². The van der Waals surface area contributed by atoms with Crippen molar-refractivity contribution < 1.29 is 100 Å². The molecule has 6 atom stereocenters. The Balaban J connectivity index is 0.000000377. The molecule has 5 aromatic rings. The van der Waals surface area contributed by atoms with Crippen LogP contribution in [0, 0.1) is 23.7 Å². The number of nitrogens with zero attached hydrogens (tertiary/aromatic N) is 2. The number of nitrogens with two attached hydrogens (primary N) is 1. The Labute approximate surface area is 622 Å². The number of imide groups is 2. The molecule has 0 aromatic heterocycles. The maximum Gasteiger partial charge on any atom is 0.490 e. The van der Waals surface area contributed by atoms with Crippen molar-refractivity contribution in [3.05, 3.63) is 192 Å². The second kappa shape index (κ2) is 43.2. The largest absolute Gasteiger partial charge is 0.490 e. The highest BCUT2D eigenvalue weighted by molar-refractivity contribution is 6.13. The van der Waals surface area contributed by atoms with E-state index in [0.29, 0.717) is 67.6 Å². The summed E-state index contributed by atoms with van der Waals surface area (Å²) in [5.74, 6) is -12.3. The Bertz CT molecular complexity index is 3910. The molecule has 10 N–H and O–H groups in total. The Morgan fingerprint density at radius 1 is 0.435 bits per heavy atom. The normalized spacial score (nSPS) is 14.1. The SMILES string of the molecule is C[C@H](CC(=O)CCCCCN1C(=O)C=CC1=O)C(=O)N[C@@H](C)C(=O)C[C@@H](CC(=O)NC(c1ccccc1)(c1ccccc1)c1ccccc1)C(=O)Nc1ccc(CO)cc1.C[C@H](CC(=O)CCCCCN1C(=O)C=CC1=O)C(=O)N[C@@H](C)C(=O)C[C@@H](CC(N)=O)C(=O)Nc1ccc(CO)cc1.O=C(O)C(F)(F)F. The summed E-state index contributed by atoms with van der Waals surface area (Å²) in [5.41, 5.74) is 8.59. The van der Waals surface area contributed by atoms with Crippen molar-refractivity contribution in [3.8, 4) is 0 Å². The van der Waals surface area contributed by atoms with Crippen LogP contribution in [0.25, 0.3) is 0 Å². The molecule has 7 rings (SSSR count). The molecule has 29 heteroatoms. The van der Waals surface area contributed by atoms with Crippen LogP contribution in [0.4, 0.5) is 24.5 Å². The number of amides is 10. The van der Waals surface area contributed by atoms with E-state index in [0.717, 1.165) is 26.5 Å². The average molecular weight is 1500 g/mol. The van der Waals surface area contributed by atoms with Crippen LogP contribution >= 0.6 is 0 Å². The van der Waals surface area contributed by atoms with Gasteiger partial charge in [0.2, 0.25) is 35.4 Å². The lowest BCUT2D eigenvalue weighted by molar-refractivity contribution is -0.192. The van der Waals surface area contributed by atoms with Crippen molar-refractivity contribution in [2.45, 2.75) is 155 Å². The van der Waals surface area contributed by atoms with Gasteiger partial charge in [-0.05, 0) is 91.6 Å². The monoisotopic (exact) mass is 1500 g/mol. The quantitative estimate of drug-likeness (QED) is 0.0104. The van der Waals surface area contributed by atoms with Crippen molar-refractivity contribution in [1.82, 2.24) is 25.8 Å². The summed E-state index contributed by atoms with van der Waals surface area (Å²) < 4.78 is 31.7. The second-order valence-electron chi connectivity index (χ2n) is 26.2. The first-order valence-corrected chi connectivity index (χ1v) is 35.1. The van der Waals surface area contributed by atoms with Crippen LogP contribution in [0.15, 0.2) is 164 Å². The predicted octanol–water partition coefficient (Wildman–Crippen LogP) is 7.56. The molecule has 2 aliphatic rings. The van der Waals surface area contributed by atoms with E-state index < -0.39 is 100 Å². The number of hydrogen-bond donors (Lipinski definition) is 9. The Morgan fingerprint density at radius 3 is 1.06 bits per heavy atom. The smallest absolute Gasteiger partial charge is 0.475 e. The van der Waals surface area contributed by atoms with Crippen LogP contribution in [0.1, 0.15) is 145 Å². The lowest BCUT2D eigenvalue weighted by atomic mass is 9.76. The number of unbranched alkanes of at least 4 members (excludes halogenated alkanes) is 4. The van der Waals surface area contributed by atoms with Gasteiger partial charge in [-0.3, -0.25) is 76.9 Å². The molecule has 108 heavy (non-hydrogen) atoms. The number of aliphatic hydroxyl groups is 2. The molecule has 0 saturated carbocycles. The maximum atomic E-state index is 14.4. The van der Waals surface area contributed by atoms with Crippen LogP contribution < -0.4 is 32.3 Å². The van der Waals surface area contributed by atoms with Crippen molar-refractivity contribution in [3.63, 3.8) is 0 Å². The number of Topliss-reactive ketones (excluding diaryl/α,β-unsaturated/α-hetero) is 4. The first-order valence-electron chi connectivity index (χ1n) is 35.1. The third kappa shape index (κ3) is 28.1. The number of halogens is 3. The number of aliphatic carboxylic acids is 1. The van der Waals surface area contributed by atoms with Gasteiger partial charge in [0, 0.05) is 112 Å². The fraction of sp³-hybridized carbons (Fsp3) is 0.380. The molecule has 2 heterocycles. The van der Waals surface area contributed by atoms with Crippen LogP contribution in [0.3, 0.4) is 0 Å². The lowest BCUT2D eigenvalue weighted by Crippen LogP contribution is -2.49. The van der Waals surface area contributed by atoms with Gasteiger partial charge in [0.25, 0.3) is 23.6 Å². The second-order valence-corrected chi connectivity index (χ2v) is 26.2. The van der Waals surface area contributed by atoms with E-state index in [-0.39, 0.29) is 106 Å². The highest BCUT2D eigenvalue weighted by Gasteiger charge is 2.41. The number of carboxylic acids is 1. The van der Waals surface area contributed by atoms with Crippen molar-refractivity contribution in [1.29, 1.82) is 0 Å². The van der Waals surface area contributed by atoms with Gasteiger partial charge in [0.05, 0.1) is 37.1 Å². The fourth-order valence-electron chi connectivity index (χ4n) is 11.5. The zero-order valence-corrected chi connectivity index (χ0v) is 60.4. The number of aliphatic hydroxyl groups excluding tert-OH is 2. The zero-order chi connectivity index (χ0) is 79.7. The first kappa shape index (κ1) is 87.2. The molecule has 5 aromatic carbocycles. The summed E-state index contributed by atoms with van der Waals surface area (Å²) in [6.07, 6.45) is 2.34. The molecule has 0 bridgehead atoms. The third-order valence-electron chi connectivity index (χ3n) is 17.6. The van der Waals surface area contributed by atoms with E-state index in [4.69, 9.17) is 20.7 Å². The molecule has 26 nitrogen and oxygen atoms in total. The van der Waals surface area contributed by atoms with Gasteiger partial charge < -0.3 is 47.6 Å². The summed E-state index contributed by atoms with van der Waals surface area (Å²) in [5, 5.41) is 39.7. The molecule has 10 amide bonds. The first-order chi connectivity index (χ1) is 51.3. The standard InChI is InChI=1S/C48H52N4O8.C29H38N4O8.C2HF3O2/c1-33(29-41(54)21-13-6-14-28-52-44(57)26-27-45(52)58)46(59)49-34(2)42(55)30-36(47(60)50-40-24-22-35(32-53)23-25-40)31-43(56)51-48(37-15-7-3-8-16-37,38-17-9-4-10-18-38)39-19-11-5-12-20-39;1-18(14-23(35)6-4-3-5-13-33-26(38)11-12-27(33)39)28(40)31-19(2)24(36)15-21(16-25(30)37)29(41)32-22-9-7-20(17-34)8-10-22;3-2(4,5)1(6)7/h3-5,7-12,15-20,22-27,33-34,36,53H,6,13-14,21,28-32H2,1-2H3,(H,49,59)(H,50,60)(H,51,56);7-12,18-19,21,34H,3-6,13-17H2,1-2H3,(H2,30,37)(H,31,40)(H,32,41);(H,6,7)/t33-,34+,36+;18-,19+,21+;/m11./s1. The average Bonchev–Trinajstić information content (AvgIpc) is 1.06. The van der Waals surface area contributed by atoms with Crippen LogP contribution in [-0.2, 0) is 90.7 Å². The van der Waals surface area contributed by atoms with E-state index in [1.807, 2.05) is 91.0 Å². The minimum atomic E-state index is -5.08. The van der Waals surface area contributed by atoms with Gasteiger partial charge in [0.15, 0.2) is 11.6 Å². The highest BCUT2D eigenvalue weighted by atomic mass is 19.4. The van der Waals surface area contributed by atoms with Gasteiger partial charge in [-0.2, -0.15) is 13.2 Å². The summed E-state index contributed by atoms with van der Waals surface area (Å²) in [6.45, 7) is 6.39. The summed E-state index contributed by atoms with van der Waals surface area (Å²) in [7, 11) is 0. The number of carbonyl (C=O) groups is 15. The number of anilines is 2. The summed E-state index contributed by atoms with van der Waals surface area (Å²) in [4.78, 5) is 188. The van der Waals surface area contributed by atoms with Gasteiger partial charge in [-0.15, -0.1) is 0 Å². The topological polar surface area (TPSA) is 409 Å². The predicted molar refractivity (Wildman–Crippen MR) is 389 cm³/mol. The number of benzene rings is 5. The maximum absolute atomic E-state index is 14.4. The summed E-state index contributed by atoms with van der Waals surface area (Å²) >= 11 is 0. The number of primary amides is 1. The highest BCUT2D eigenvalue weighted by Crippen LogP contribution is 2.37. The zero-order valence-electron chi connectivity index (χ0n) is 60.4. The lowest BCUT2D eigenvalue weighted by Gasteiger charge is -2.37. The molecule has 0 unspecified atom stereocenters. The molecule has 0 spiro atoms.